The average molecular weight is 453 g/mol. The SMILES string of the molecule is O=C(NCC(O)c1ccc(OC(F)(F)F)cc1)c1cc(-c2cccnc2)nc2ccccc12. The van der Waals surface area contributed by atoms with Crippen LogP contribution in [0.25, 0.3) is 22.2 Å². The Morgan fingerprint density at radius 2 is 1.82 bits per heavy atom. The quantitative estimate of drug-likeness (QED) is 0.444. The van der Waals surface area contributed by atoms with Crippen molar-refractivity contribution in [3.05, 3.63) is 90.3 Å². The minimum atomic E-state index is -4.80. The Morgan fingerprint density at radius 1 is 1.06 bits per heavy atom. The number of para-hydroxylation sites is 1. The molecule has 0 radical (unpaired) electrons. The molecule has 0 saturated heterocycles. The van der Waals surface area contributed by atoms with Crippen molar-refractivity contribution < 1.29 is 27.8 Å². The minimum Gasteiger partial charge on any atom is -0.406 e. The zero-order valence-electron chi connectivity index (χ0n) is 17.1. The van der Waals surface area contributed by atoms with Crippen LogP contribution >= 0.6 is 0 Å². The predicted octanol–water partition coefficient (Wildman–Crippen LogP) is 4.66. The molecule has 1 unspecified atom stereocenters. The van der Waals surface area contributed by atoms with E-state index in [0.29, 0.717) is 27.7 Å². The first-order chi connectivity index (χ1) is 15.8. The molecule has 2 aromatic carbocycles. The van der Waals surface area contributed by atoms with Crippen LogP contribution in [-0.4, -0.2) is 33.9 Å². The first kappa shape index (κ1) is 22.2. The van der Waals surface area contributed by atoms with E-state index in [1.54, 1.807) is 42.7 Å². The van der Waals surface area contributed by atoms with Crippen molar-refractivity contribution in [2.24, 2.45) is 0 Å². The van der Waals surface area contributed by atoms with Crippen LogP contribution in [0.2, 0.25) is 0 Å². The van der Waals surface area contributed by atoms with Crippen LogP contribution in [-0.2, 0) is 0 Å². The van der Waals surface area contributed by atoms with Crippen molar-refractivity contribution in [2.45, 2.75) is 12.5 Å². The molecule has 4 aromatic rings. The van der Waals surface area contributed by atoms with Crippen LogP contribution in [0.3, 0.4) is 0 Å². The number of aromatic nitrogens is 2. The Kier molecular flexibility index (Phi) is 6.23. The maximum Gasteiger partial charge on any atom is 0.573 e. The molecule has 2 aromatic heterocycles. The van der Waals surface area contributed by atoms with Gasteiger partial charge in [-0.05, 0) is 42.0 Å². The van der Waals surface area contributed by atoms with Gasteiger partial charge >= 0.3 is 6.36 Å². The van der Waals surface area contributed by atoms with Crippen LogP contribution in [0.15, 0.2) is 79.1 Å². The molecular formula is C24H18F3N3O3. The molecule has 33 heavy (non-hydrogen) atoms. The van der Waals surface area contributed by atoms with Crippen molar-refractivity contribution in [1.29, 1.82) is 0 Å². The molecule has 2 heterocycles. The molecule has 168 valence electrons. The fourth-order valence-electron chi connectivity index (χ4n) is 3.32. The van der Waals surface area contributed by atoms with Gasteiger partial charge in [0.15, 0.2) is 0 Å². The van der Waals surface area contributed by atoms with Gasteiger partial charge in [-0.1, -0.05) is 30.3 Å². The number of hydrogen-bond acceptors (Lipinski definition) is 5. The van der Waals surface area contributed by atoms with E-state index >= 15 is 0 Å². The average Bonchev–Trinajstić information content (AvgIpc) is 2.81. The smallest absolute Gasteiger partial charge is 0.406 e. The predicted molar refractivity (Wildman–Crippen MR) is 115 cm³/mol. The van der Waals surface area contributed by atoms with Crippen LogP contribution in [0.1, 0.15) is 22.0 Å². The summed E-state index contributed by atoms with van der Waals surface area (Å²) in [6.45, 7) is -0.142. The molecule has 4 rings (SSSR count). The molecule has 6 nitrogen and oxygen atoms in total. The number of pyridine rings is 2. The third-order valence-corrected chi connectivity index (χ3v) is 4.87. The number of alkyl halides is 3. The summed E-state index contributed by atoms with van der Waals surface area (Å²) in [6, 6.07) is 17.3. The number of aliphatic hydroxyl groups excluding tert-OH is 1. The van der Waals surface area contributed by atoms with Crippen LogP contribution < -0.4 is 10.1 Å². The number of ether oxygens (including phenoxy) is 1. The second-order valence-electron chi connectivity index (χ2n) is 7.16. The second-order valence-corrected chi connectivity index (χ2v) is 7.16. The van der Waals surface area contributed by atoms with E-state index in [2.05, 4.69) is 20.0 Å². The third-order valence-electron chi connectivity index (χ3n) is 4.87. The molecule has 0 saturated carbocycles. The largest absolute Gasteiger partial charge is 0.573 e. The van der Waals surface area contributed by atoms with Crippen molar-refractivity contribution in [2.75, 3.05) is 6.54 Å². The van der Waals surface area contributed by atoms with E-state index in [0.717, 1.165) is 17.7 Å². The van der Waals surface area contributed by atoms with E-state index < -0.39 is 24.1 Å². The summed E-state index contributed by atoms with van der Waals surface area (Å²) in [6.07, 6.45) is -2.63. The summed E-state index contributed by atoms with van der Waals surface area (Å²) in [4.78, 5) is 21.7. The molecule has 0 aliphatic rings. The minimum absolute atomic E-state index is 0.142. The van der Waals surface area contributed by atoms with Gasteiger partial charge in [0.2, 0.25) is 0 Å². The van der Waals surface area contributed by atoms with Gasteiger partial charge in [-0.25, -0.2) is 4.98 Å². The van der Waals surface area contributed by atoms with Crippen molar-refractivity contribution in [3.63, 3.8) is 0 Å². The number of aliphatic hydroxyl groups is 1. The highest BCUT2D eigenvalue weighted by atomic mass is 19.4. The van der Waals surface area contributed by atoms with Crippen LogP contribution in [0.4, 0.5) is 13.2 Å². The van der Waals surface area contributed by atoms with Gasteiger partial charge in [0.25, 0.3) is 5.91 Å². The van der Waals surface area contributed by atoms with Gasteiger partial charge in [-0.3, -0.25) is 9.78 Å². The number of carbonyl (C=O) groups excluding carboxylic acids is 1. The van der Waals surface area contributed by atoms with Gasteiger partial charge in [0.05, 0.1) is 22.9 Å². The topological polar surface area (TPSA) is 84.3 Å². The molecule has 1 atom stereocenters. The van der Waals surface area contributed by atoms with E-state index in [1.807, 2.05) is 12.1 Å². The fraction of sp³-hybridized carbons (Fsp3) is 0.125. The highest BCUT2D eigenvalue weighted by Crippen LogP contribution is 2.26. The number of fused-ring (bicyclic) bond motifs is 1. The number of hydrogen-bond donors (Lipinski definition) is 2. The number of nitrogens with zero attached hydrogens (tertiary/aromatic N) is 2. The normalized spacial score (nSPS) is 12.4. The van der Waals surface area contributed by atoms with Crippen LogP contribution in [0.5, 0.6) is 5.75 Å². The zero-order valence-corrected chi connectivity index (χ0v) is 17.1. The molecule has 0 fully saturated rings. The van der Waals surface area contributed by atoms with Crippen LogP contribution in [0, 0.1) is 0 Å². The van der Waals surface area contributed by atoms with Gasteiger partial charge in [0.1, 0.15) is 5.75 Å². The number of rotatable bonds is 6. The molecule has 0 bridgehead atoms. The van der Waals surface area contributed by atoms with Gasteiger partial charge < -0.3 is 15.2 Å². The van der Waals surface area contributed by atoms with E-state index in [9.17, 15) is 23.1 Å². The molecule has 1 amide bonds. The zero-order chi connectivity index (χ0) is 23.4. The monoisotopic (exact) mass is 453 g/mol. The first-order valence-electron chi connectivity index (χ1n) is 9.92. The number of nitrogens with one attached hydrogen (secondary N) is 1. The Balaban J connectivity index is 1.52. The number of halogens is 3. The van der Waals surface area contributed by atoms with Crippen molar-refractivity contribution in [1.82, 2.24) is 15.3 Å². The molecule has 0 aliphatic heterocycles. The van der Waals surface area contributed by atoms with Crippen molar-refractivity contribution >= 4 is 16.8 Å². The number of amides is 1. The fourth-order valence-corrected chi connectivity index (χ4v) is 3.32. The lowest BCUT2D eigenvalue weighted by Crippen LogP contribution is -2.28. The summed E-state index contributed by atoms with van der Waals surface area (Å²) in [7, 11) is 0. The van der Waals surface area contributed by atoms with E-state index in [4.69, 9.17) is 0 Å². The van der Waals surface area contributed by atoms with E-state index in [1.165, 1.54) is 12.1 Å². The summed E-state index contributed by atoms with van der Waals surface area (Å²) >= 11 is 0. The first-order valence-corrected chi connectivity index (χ1v) is 9.92. The van der Waals surface area contributed by atoms with Crippen molar-refractivity contribution in [3.8, 4) is 17.0 Å². The molecule has 9 heteroatoms. The van der Waals surface area contributed by atoms with Gasteiger partial charge in [0, 0.05) is 29.9 Å². The molecule has 0 aliphatic carbocycles. The maximum absolute atomic E-state index is 13.0. The number of benzene rings is 2. The highest BCUT2D eigenvalue weighted by molar-refractivity contribution is 6.07. The Morgan fingerprint density at radius 3 is 2.52 bits per heavy atom. The standard InChI is InChI=1S/C24H18F3N3O3/c25-24(26,27)33-17-9-7-15(8-10-17)22(31)14-29-23(32)19-12-21(16-4-3-11-28-13-16)30-20-6-2-1-5-18(19)20/h1-13,22,31H,14H2,(H,29,32). The summed E-state index contributed by atoms with van der Waals surface area (Å²) < 4.78 is 40.7. The second kappa shape index (κ2) is 9.25. The lowest BCUT2D eigenvalue weighted by atomic mass is 10.0. The summed E-state index contributed by atoms with van der Waals surface area (Å²) in [5.74, 6) is -0.816. The maximum atomic E-state index is 13.0. The van der Waals surface area contributed by atoms with Gasteiger partial charge in [-0.15, -0.1) is 13.2 Å². The summed E-state index contributed by atoms with van der Waals surface area (Å²) in [5.41, 5.74) is 2.66. The molecular weight excluding hydrogens is 435 g/mol. The molecule has 0 spiro atoms. The third kappa shape index (κ3) is 5.45. The Labute approximate surface area is 186 Å². The highest BCUT2D eigenvalue weighted by Gasteiger charge is 2.31. The lowest BCUT2D eigenvalue weighted by molar-refractivity contribution is -0.274. The van der Waals surface area contributed by atoms with Gasteiger partial charge in [-0.2, -0.15) is 0 Å². The molecule has 2 N–H and O–H groups in total. The van der Waals surface area contributed by atoms with E-state index in [-0.39, 0.29) is 6.54 Å². The lowest BCUT2D eigenvalue weighted by Gasteiger charge is -2.15. The Hall–Kier alpha value is -3.98. The number of carbonyl (C=O) groups is 1. The Bertz CT molecular complexity index is 1260. The summed E-state index contributed by atoms with van der Waals surface area (Å²) in [5, 5.41) is 13.7.